The van der Waals surface area contributed by atoms with Gasteiger partial charge in [-0.2, -0.15) is 4.79 Å². The van der Waals surface area contributed by atoms with Crippen LogP contribution in [-0.4, -0.2) is 9.89 Å². The molecule has 1 aromatic carbocycles. The Labute approximate surface area is 74.8 Å². The molecule has 66 valence electrons. The molecule has 0 aliphatic rings. The number of benzene rings is 1. The Kier molecular flexibility index (Phi) is 1.88. The van der Waals surface area contributed by atoms with E-state index >= 15 is 0 Å². The first-order valence-electron chi connectivity index (χ1n) is 3.95. The van der Waals surface area contributed by atoms with Crippen molar-refractivity contribution in [3.63, 3.8) is 0 Å². The number of aromatic nitrogens is 2. The van der Waals surface area contributed by atoms with Crippen LogP contribution in [-0.2, 0) is 0 Å². The maximum Gasteiger partial charge on any atom is 0.285 e. The van der Waals surface area contributed by atoms with Gasteiger partial charge in [0.25, 0.3) is 5.56 Å². The van der Waals surface area contributed by atoms with Crippen molar-refractivity contribution in [3.8, 4) is 0 Å². The molecule has 2 N–H and O–H groups in total. The van der Waals surface area contributed by atoms with Gasteiger partial charge in [-0.15, -0.1) is 0 Å². The summed E-state index contributed by atoms with van der Waals surface area (Å²) in [6.07, 6.45) is 1.58. The molecule has 0 saturated heterocycles. The lowest BCUT2D eigenvalue weighted by Crippen LogP contribution is -2.23. The van der Waals surface area contributed by atoms with Crippen molar-refractivity contribution in [3.05, 3.63) is 52.9 Å². The summed E-state index contributed by atoms with van der Waals surface area (Å²) in [5.41, 5.74) is 3.66. The zero-order valence-electron chi connectivity index (χ0n) is 6.90. The second-order valence-electron chi connectivity index (χ2n) is 2.61. The van der Waals surface area contributed by atoms with E-state index in [9.17, 15) is 4.79 Å². The third kappa shape index (κ3) is 1.61. The predicted molar refractivity (Wildman–Crippen MR) is 50.5 cm³/mol. The van der Waals surface area contributed by atoms with Crippen LogP contribution in [0.4, 0.5) is 5.69 Å². The molecular formula is C9H9N3O. The van der Waals surface area contributed by atoms with Crippen LogP contribution in [0.25, 0.3) is 0 Å². The van der Waals surface area contributed by atoms with Gasteiger partial charge in [-0.25, -0.2) is 0 Å². The fourth-order valence-electron chi connectivity index (χ4n) is 1.05. The molecule has 0 aliphatic heterocycles. The number of anilines is 1. The van der Waals surface area contributed by atoms with Gasteiger partial charge < -0.3 is 0 Å². The Balaban J connectivity index is 2.25. The van der Waals surface area contributed by atoms with E-state index in [4.69, 9.17) is 0 Å². The number of rotatable bonds is 2. The van der Waals surface area contributed by atoms with Gasteiger partial charge in [-0.05, 0) is 12.1 Å². The first kappa shape index (κ1) is 7.67. The highest BCUT2D eigenvalue weighted by Crippen LogP contribution is 2.03. The maximum absolute atomic E-state index is 11.1. The van der Waals surface area contributed by atoms with Crippen molar-refractivity contribution < 1.29 is 0 Å². The molecule has 0 radical (unpaired) electrons. The number of hydrogen-bond acceptors (Lipinski definition) is 2. The van der Waals surface area contributed by atoms with Crippen LogP contribution < -0.4 is 11.0 Å². The molecule has 0 fully saturated rings. The first-order chi connectivity index (χ1) is 6.36. The van der Waals surface area contributed by atoms with Crippen LogP contribution in [0.3, 0.4) is 0 Å². The number of nitrogens with zero attached hydrogens (tertiary/aromatic N) is 1. The minimum Gasteiger partial charge on any atom is -0.284 e. The highest BCUT2D eigenvalue weighted by molar-refractivity contribution is 5.41. The van der Waals surface area contributed by atoms with E-state index in [1.165, 1.54) is 10.9 Å². The van der Waals surface area contributed by atoms with Crippen LogP contribution in [0, 0.1) is 0 Å². The third-order valence-corrected chi connectivity index (χ3v) is 1.66. The average Bonchev–Trinajstić information content (AvgIpc) is 2.54. The molecule has 0 amide bonds. The van der Waals surface area contributed by atoms with Gasteiger partial charge in [0.05, 0.1) is 5.69 Å². The van der Waals surface area contributed by atoms with Gasteiger partial charge in [0, 0.05) is 12.3 Å². The monoisotopic (exact) mass is 175 g/mol. The zero-order chi connectivity index (χ0) is 9.10. The van der Waals surface area contributed by atoms with Crippen LogP contribution in [0.5, 0.6) is 0 Å². The second kappa shape index (κ2) is 3.18. The topological polar surface area (TPSA) is 49.8 Å². The summed E-state index contributed by atoms with van der Waals surface area (Å²) in [5, 5.41) is 2.75. The van der Waals surface area contributed by atoms with Crippen molar-refractivity contribution in [1.82, 2.24) is 9.89 Å². The lowest BCUT2D eigenvalue weighted by atomic mass is 10.3. The minimum absolute atomic E-state index is 0.108. The lowest BCUT2D eigenvalue weighted by molar-refractivity contribution is 0.775. The molecule has 4 nitrogen and oxygen atoms in total. The Morgan fingerprint density at radius 2 is 1.92 bits per heavy atom. The largest absolute Gasteiger partial charge is 0.285 e. The second-order valence-corrected chi connectivity index (χ2v) is 2.61. The molecule has 2 aromatic rings. The maximum atomic E-state index is 11.1. The summed E-state index contributed by atoms with van der Waals surface area (Å²) in [6.45, 7) is 0. The first-order valence-corrected chi connectivity index (χ1v) is 3.95. The van der Waals surface area contributed by atoms with Gasteiger partial charge >= 0.3 is 0 Å². The van der Waals surface area contributed by atoms with Crippen molar-refractivity contribution >= 4 is 5.69 Å². The molecule has 1 aromatic heterocycles. The molecule has 0 atom stereocenters. The Morgan fingerprint density at radius 1 is 1.15 bits per heavy atom. The molecule has 0 saturated carbocycles. The van der Waals surface area contributed by atoms with Gasteiger partial charge in [0.1, 0.15) is 0 Å². The lowest BCUT2D eigenvalue weighted by Gasteiger charge is -2.04. The normalized spacial score (nSPS) is 9.85. The highest BCUT2D eigenvalue weighted by Gasteiger charge is 1.93. The molecular weight excluding hydrogens is 166 g/mol. The molecule has 13 heavy (non-hydrogen) atoms. The third-order valence-electron chi connectivity index (χ3n) is 1.66. The van der Waals surface area contributed by atoms with Crippen molar-refractivity contribution in [2.75, 3.05) is 5.43 Å². The van der Waals surface area contributed by atoms with Gasteiger partial charge in [-0.1, -0.05) is 18.2 Å². The molecule has 0 aliphatic carbocycles. The molecule has 4 heteroatoms. The van der Waals surface area contributed by atoms with Crippen molar-refractivity contribution in [2.45, 2.75) is 0 Å². The van der Waals surface area contributed by atoms with Crippen LogP contribution in [0.1, 0.15) is 0 Å². The minimum atomic E-state index is -0.108. The number of nitrogens with one attached hydrogen (secondary N) is 2. The zero-order valence-corrected chi connectivity index (χ0v) is 6.90. The molecule has 0 spiro atoms. The summed E-state index contributed by atoms with van der Waals surface area (Å²) in [7, 11) is 0. The number of aromatic amines is 1. The summed E-state index contributed by atoms with van der Waals surface area (Å²) in [6, 6.07) is 10.9. The summed E-state index contributed by atoms with van der Waals surface area (Å²) >= 11 is 0. The molecule has 0 unspecified atom stereocenters. The highest BCUT2D eigenvalue weighted by atomic mass is 16.1. The molecule has 0 bridgehead atoms. The van der Waals surface area contributed by atoms with Crippen molar-refractivity contribution in [1.29, 1.82) is 0 Å². The fraction of sp³-hybridized carbons (Fsp3) is 0. The summed E-state index contributed by atoms with van der Waals surface area (Å²) in [5.74, 6) is 0. The molecule has 2 rings (SSSR count). The molecule has 1 heterocycles. The van der Waals surface area contributed by atoms with Crippen molar-refractivity contribution in [2.24, 2.45) is 0 Å². The van der Waals surface area contributed by atoms with Crippen LogP contribution in [0.2, 0.25) is 0 Å². The fourth-order valence-corrected chi connectivity index (χ4v) is 1.05. The average molecular weight is 175 g/mol. The van der Waals surface area contributed by atoms with Gasteiger partial charge in [-0.3, -0.25) is 15.3 Å². The Morgan fingerprint density at radius 3 is 2.54 bits per heavy atom. The van der Waals surface area contributed by atoms with E-state index < -0.39 is 0 Å². The number of H-pyrrole nitrogens is 1. The van der Waals surface area contributed by atoms with Crippen LogP contribution in [0.15, 0.2) is 47.4 Å². The van der Waals surface area contributed by atoms with E-state index in [0.717, 1.165) is 5.69 Å². The van der Waals surface area contributed by atoms with Gasteiger partial charge in [0.2, 0.25) is 0 Å². The summed E-state index contributed by atoms with van der Waals surface area (Å²) in [4.78, 5) is 12.4. The summed E-state index contributed by atoms with van der Waals surface area (Å²) < 4.78 is 0. The van der Waals surface area contributed by atoms with Gasteiger partial charge in [0.15, 0.2) is 0 Å². The Hall–Kier alpha value is -1.97. The SMILES string of the molecule is O=c1cc[nH]n1Nc1ccccc1. The van der Waals surface area contributed by atoms with E-state index in [-0.39, 0.29) is 5.56 Å². The van der Waals surface area contributed by atoms with E-state index in [1.54, 1.807) is 6.20 Å². The number of para-hydroxylation sites is 1. The predicted octanol–water partition coefficient (Wildman–Crippen LogP) is 1.05. The quantitative estimate of drug-likeness (QED) is 0.716. The standard InChI is InChI=1S/C9H9N3O/c13-9-6-7-10-12(9)11-8-4-2-1-3-5-8/h1-7,10-11H. The van der Waals surface area contributed by atoms with E-state index in [0.29, 0.717) is 0 Å². The van der Waals surface area contributed by atoms with E-state index in [2.05, 4.69) is 10.5 Å². The van der Waals surface area contributed by atoms with Crippen LogP contribution >= 0.6 is 0 Å². The smallest absolute Gasteiger partial charge is 0.284 e. The number of hydrogen-bond donors (Lipinski definition) is 2. The Bertz CT molecular complexity index is 429. The van der Waals surface area contributed by atoms with E-state index in [1.807, 2.05) is 30.3 Å².